The predicted octanol–water partition coefficient (Wildman–Crippen LogP) is 2.13. The number of urea groups is 1. The van der Waals surface area contributed by atoms with Crippen molar-refractivity contribution >= 4 is 12.0 Å². The summed E-state index contributed by atoms with van der Waals surface area (Å²) in [6.07, 6.45) is 11.5. The number of carbonyl (C=O) groups is 1. The van der Waals surface area contributed by atoms with Gasteiger partial charge < -0.3 is 21.3 Å². The lowest BCUT2D eigenvalue weighted by Crippen LogP contribution is -2.51. The van der Waals surface area contributed by atoms with E-state index in [4.69, 9.17) is 10.7 Å². The van der Waals surface area contributed by atoms with Gasteiger partial charge in [-0.15, -0.1) is 0 Å². The fourth-order valence-electron chi connectivity index (χ4n) is 5.00. The standard InChI is InChI=1S/C21H40N6O/c1-2-23-21(25-18-10-13-26(14-11-18)20(22)28)24-15-19-9-6-12-27(19)16-17-7-4-3-5-8-17/h17-19H,2-16H2,1H3,(H2,22,28)(H2,23,24,25). The van der Waals surface area contributed by atoms with E-state index in [2.05, 4.69) is 22.5 Å². The third-order valence-electron chi connectivity index (χ3n) is 6.67. The van der Waals surface area contributed by atoms with Crippen LogP contribution in [-0.4, -0.2) is 73.1 Å². The predicted molar refractivity (Wildman–Crippen MR) is 114 cm³/mol. The molecule has 4 N–H and O–H groups in total. The van der Waals surface area contributed by atoms with Gasteiger partial charge in [0.05, 0.1) is 6.54 Å². The van der Waals surface area contributed by atoms with Crippen LogP contribution in [0, 0.1) is 5.92 Å². The van der Waals surface area contributed by atoms with Crippen LogP contribution in [0.15, 0.2) is 4.99 Å². The number of amides is 2. The van der Waals surface area contributed by atoms with E-state index in [1.807, 2.05) is 0 Å². The lowest BCUT2D eigenvalue weighted by atomic mass is 9.89. The molecule has 1 saturated carbocycles. The Kier molecular flexibility index (Phi) is 8.25. The second kappa shape index (κ2) is 10.9. The van der Waals surface area contributed by atoms with Crippen LogP contribution in [0.3, 0.4) is 0 Å². The number of aliphatic imine (C=N–C) groups is 1. The molecule has 0 bridgehead atoms. The Balaban J connectivity index is 1.48. The number of nitrogens with one attached hydrogen (secondary N) is 2. The number of piperidine rings is 1. The number of hydrogen-bond acceptors (Lipinski definition) is 3. The molecule has 1 atom stereocenters. The van der Waals surface area contributed by atoms with E-state index in [1.165, 1.54) is 58.0 Å². The highest BCUT2D eigenvalue weighted by Gasteiger charge is 2.27. The highest BCUT2D eigenvalue weighted by molar-refractivity contribution is 5.80. The molecule has 1 unspecified atom stereocenters. The molecule has 7 heteroatoms. The van der Waals surface area contributed by atoms with Crippen molar-refractivity contribution in [3.05, 3.63) is 0 Å². The summed E-state index contributed by atoms with van der Waals surface area (Å²) in [5.74, 6) is 1.82. The average Bonchev–Trinajstić information content (AvgIpc) is 3.14. The zero-order chi connectivity index (χ0) is 19.8. The van der Waals surface area contributed by atoms with Crippen LogP contribution in [0.25, 0.3) is 0 Å². The zero-order valence-corrected chi connectivity index (χ0v) is 17.7. The first kappa shape index (κ1) is 21.2. The van der Waals surface area contributed by atoms with Crippen LogP contribution >= 0.6 is 0 Å². The van der Waals surface area contributed by atoms with E-state index in [-0.39, 0.29) is 6.03 Å². The number of hydrogen-bond donors (Lipinski definition) is 3. The Morgan fingerprint density at radius 1 is 1.04 bits per heavy atom. The van der Waals surface area contributed by atoms with Gasteiger partial charge in [0.15, 0.2) is 5.96 Å². The third-order valence-corrected chi connectivity index (χ3v) is 6.67. The molecule has 3 rings (SSSR count). The van der Waals surface area contributed by atoms with E-state index >= 15 is 0 Å². The monoisotopic (exact) mass is 392 g/mol. The number of carbonyl (C=O) groups excluding carboxylic acids is 1. The van der Waals surface area contributed by atoms with Gasteiger partial charge in [0.2, 0.25) is 0 Å². The van der Waals surface area contributed by atoms with Crippen LogP contribution in [0.5, 0.6) is 0 Å². The first-order valence-corrected chi connectivity index (χ1v) is 11.5. The summed E-state index contributed by atoms with van der Waals surface area (Å²) in [4.78, 5) is 20.7. The molecule has 2 aliphatic heterocycles. The number of nitrogens with zero attached hydrogens (tertiary/aromatic N) is 3. The van der Waals surface area contributed by atoms with Crippen molar-refractivity contribution in [2.45, 2.75) is 76.8 Å². The lowest BCUT2D eigenvalue weighted by molar-refractivity contribution is 0.188. The summed E-state index contributed by atoms with van der Waals surface area (Å²) in [5, 5.41) is 6.98. The molecule has 3 aliphatic rings. The molecule has 2 amide bonds. The number of guanidine groups is 1. The Bertz CT molecular complexity index is 511. The van der Waals surface area contributed by atoms with Crippen molar-refractivity contribution in [2.24, 2.45) is 16.6 Å². The van der Waals surface area contributed by atoms with Gasteiger partial charge in [-0.25, -0.2) is 4.79 Å². The van der Waals surface area contributed by atoms with Gasteiger partial charge in [0, 0.05) is 38.3 Å². The van der Waals surface area contributed by atoms with Crippen LogP contribution in [-0.2, 0) is 0 Å². The van der Waals surface area contributed by atoms with E-state index in [0.717, 1.165) is 50.9 Å². The van der Waals surface area contributed by atoms with Gasteiger partial charge in [-0.2, -0.15) is 0 Å². The molecule has 28 heavy (non-hydrogen) atoms. The topological polar surface area (TPSA) is 86.0 Å². The molecule has 3 fully saturated rings. The minimum absolute atomic E-state index is 0.307. The summed E-state index contributed by atoms with van der Waals surface area (Å²) >= 11 is 0. The Morgan fingerprint density at radius 3 is 2.46 bits per heavy atom. The van der Waals surface area contributed by atoms with Gasteiger partial charge in [-0.1, -0.05) is 19.3 Å². The maximum Gasteiger partial charge on any atom is 0.314 e. The van der Waals surface area contributed by atoms with Crippen molar-refractivity contribution in [3.63, 3.8) is 0 Å². The second-order valence-electron chi connectivity index (χ2n) is 8.76. The fourth-order valence-corrected chi connectivity index (χ4v) is 5.00. The van der Waals surface area contributed by atoms with Crippen molar-refractivity contribution in [2.75, 3.05) is 39.3 Å². The Morgan fingerprint density at radius 2 is 1.79 bits per heavy atom. The van der Waals surface area contributed by atoms with Crippen molar-refractivity contribution in [1.29, 1.82) is 0 Å². The van der Waals surface area contributed by atoms with Gasteiger partial charge in [0.25, 0.3) is 0 Å². The van der Waals surface area contributed by atoms with E-state index in [0.29, 0.717) is 12.1 Å². The van der Waals surface area contributed by atoms with Gasteiger partial charge >= 0.3 is 6.03 Å². The van der Waals surface area contributed by atoms with Crippen LogP contribution in [0.4, 0.5) is 4.79 Å². The molecule has 7 nitrogen and oxygen atoms in total. The molecule has 0 radical (unpaired) electrons. The zero-order valence-electron chi connectivity index (χ0n) is 17.7. The Labute approximate surface area is 170 Å². The molecule has 0 spiro atoms. The molecular formula is C21H40N6O. The summed E-state index contributed by atoms with van der Waals surface area (Å²) < 4.78 is 0. The number of nitrogens with two attached hydrogens (primary N) is 1. The maximum atomic E-state index is 11.3. The molecule has 2 heterocycles. The fraction of sp³-hybridized carbons (Fsp3) is 0.905. The summed E-state index contributed by atoms with van der Waals surface area (Å²) in [6.45, 7) is 7.82. The minimum Gasteiger partial charge on any atom is -0.357 e. The van der Waals surface area contributed by atoms with Crippen molar-refractivity contribution < 1.29 is 4.79 Å². The molecule has 1 aliphatic carbocycles. The molecule has 0 aromatic carbocycles. The lowest BCUT2D eigenvalue weighted by Gasteiger charge is -2.32. The van der Waals surface area contributed by atoms with Crippen LogP contribution in [0.2, 0.25) is 0 Å². The normalized spacial score (nSPS) is 25.8. The second-order valence-corrected chi connectivity index (χ2v) is 8.76. The summed E-state index contributed by atoms with van der Waals surface area (Å²) in [5.41, 5.74) is 5.38. The number of rotatable bonds is 6. The average molecular weight is 393 g/mol. The van der Waals surface area contributed by atoms with Crippen LogP contribution in [0.1, 0.15) is 64.7 Å². The third kappa shape index (κ3) is 6.26. The van der Waals surface area contributed by atoms with Crippen molar-refractivity contribution in [3.8, 4) is 0 Å². The van der Waals surface area contributed by atoms with Gasteiger partial charge in [-0.3, -0.25) is 9.89 Å². The molecular weight excluding hydrogens is 352 g/mol. The van der Waals surface area contributed by atoms with Gasteiger partial charge in [0.1, 0.15) is 0 Å². The summed E-state index contributed by atoms with van der Waals surface area (Å²) in [7, 11) is 0. The highest BCUT2D eigenvalue weighted by Crippen LogP contribution is 2.27. The van der Waals surface area contributed by atoms with E-state index < -0.39 is 0 Å². The minimum atomic E-state index is -0.307. The van der Waals surface area contributed by atoms with E-state index in [1.54, 1.807) is 4.90 Å². The largest absolute Gasteiger partial charge is 0.357 e. The first-order valence-electron chi connectivity index (χ1n) is 11.5. The molecule has 2 saturated heterocycles. The van der Waals surface area contributed by atoms with Crippen LogP contribution < -0.4 is 16.4 Å². The van der Waals surface area contributed by atoms with E-state index in [9.17, 15) is 4.79 Å². The Hall–Kier alpha value is -1.50. The van der Waals surface area contributed by atoms with Crippen molar-refractivity contribution in [1.82, 2.24) is 20.4 Å². The SMILES string of the molecule is CCNC(=NCC1CCCN1CC1CCCCC1)NC1CCN(C(N)=O)CC1. The van der Waals surface area contributed by atoms with Gasteiger partial charge in [-0.05, 0) is 57.9 Å². The number of primary amides is 1. The highest BCUT2D eigenvalue weighted by atomic mass is 16.2. The molecule has 0 aromatic rings. The number of likely N-dealkylation sites (tertiary alicyclic amines) is 2. The maximum absolute atomic E-state index is 11.3. The summed E-state index contributed by atoms with van der Waals surface area (Å²) in [6, 6.07) is 0.641. The smallest absolute Gasteiger partial charge is 0.314 e. The molecule has 0 aromatic heterocycles. The quantitative estimate of drug-likeness (QED) is 0.477. The molecule has 160 valence electrons. The first-order chi connectivity index (χ1) is 13.7.